The molecule has 2 aromatic rings. The van der Waals surface area contributed by atoms with Crippen LogP contribution in [0.3, 0.4) is 0 Å². The van der Waals surface area contributed by atoms with Gasteiger partial charge in [-0.05, 0) is 37.1 Å². The summed E-state index contributed by atoms with van der Waals surface area (Å²) in [6.45, 7) is 4.08. The Labute approximate surface area is 122 Å². The fraction of sp³-hybridized carbons (Fsp3) is 0.267. The number of carbonyl (C=O) groups is 1. The van der Waals surface area contributed by atoms with E-state index >= 15 is 0 Å². The van der Waals surface area contributed by atoms with Crippen molar-refractivity contribution in [3.05, 3.63) is 34.7 Å². The second-order valence-corrected chi connectivity index (χ2v) is 5.20. The maximum absolute atomic E-state index is 12.0. The third kappa shape index (κ3) is 2.63. The van der Waals surface area contributed by atoms with Crippen LogP contribution in [0.2, 0.25) is 0 Å². The van der Waals surface area contributed by atoms with Crippen LogP contribution in [0.25, 0.3) is 11.1 Å². The third-order valence-corrected chi connectivity index (χ3v) is 3.81. The summed E-state index contributed by atoms with van der Waals surface area (Å²) in [6.07, 6.45) is 0. The zero-order valence-electron chi connectivity index (χ0n) is 11.7. The lowest BCUT2D eigenvalue weighted by Gasteiger charge is -2.09. The molecular formula is C15H17NO3S. The highest BCUT2D eigenvalue weighted by Crippen LogP contribution is 2.37. The normalized spacial score (nSPS) is 10.3. The first-order valence-corrected chi connectivity index (χ1v) is 7.15. The van der Waals surface area contributed by atoms with Crippen LogP contribution in [0, 0.1) is 6.92 Å². The molecule has 2 rings (SSSR count). The summed E-state index contributed by atoms with van der Waals surface area (Å²) in [5, 5.41) is 2.35. The number of ether oxygens (including phenoxy) is 2. The molecule has 106 valence electrons. The molecule has 0 aliphatic rings. The molecule has 20 heavy (non-hydrogen) atoms. The largest absolute Gasteiger partial charge is 0.496 e. The van der Waals surface area contributed by atoms with Gasteiger partial charge in [-0.2, -0.15) is 0 Å². The van der Waals surface area contributed by atoms with Crippen molar-refractivity contribution in [2.24, 2.45) is 0 Å². The van der Waals surface area contributed by atoms with Crippen molar-refractivity contribution in [1.82, 2.24) is 0 Å². The summed E-state index contributed by atoms with van der Waals surface area (Å²) in [7, 11) is 1.63. The van der Waals surface area contributed by atoms with E-state index in [9.17, 15) is 4.79 Å². The van der Waals surface area contributed by atoms with Gasteiger partial charge in [-0.3, -0.25) is 0 Å². The highest BCUT2D eigenvalue weighted by atomic mass is 32.1. The highest BCUT2D eigenvalue weighted by Gasteiger charge is 2.19. The van der Waals surface area contributed by atoms with Gasteiger partial charge in [-0.25, -0.2) is 4.79 Å². The SMILES string of the molecule is CCOC(=O)c1csc(N)c1-c1ccc(OC)c(C)c1. The maximum atomic E-state index is 12.0. The Hall–Kier alpha value is -2.01. The van der Waals surface area contributed by atoms with Crippen LogP contribution in [0.1, 0.15) is 22.8 Å². The minimum absolute atomic E-state index is 0.343. The molecule has 0 spiro atoms. The zero-order chi connectivity index (χ0) is 14.7. The zero-order valence-corrected chi connectivity index (χ0v) is 12.5. The van der Waals surface area contributed by atoms with Gasteiger partial charge in [0, 0.05) is 10.9 Å². The fourth-order valence-corrected chi connectivity index (χ4v) is 2.87. The average molecular weight is 291 g/mol. The van der Waals surface area contributed by atoms with Gasteiger partial charge in [-0.15, -0.1) is 11.3 Å². The molecular weight excluding hydrogens is 274 g/mol. The summed E-state index contributed by atoms with van der Waals surface area (Å²) < 4.78 is 10.3. The number of rotatable bonds is 4. The number of benzene rings is 1. The number of thiophene rings is 1. The Morgan fingerprint density at radius 1 is 1.40 bits per heavy atom. The topological polar surface area (TPSA) is 61.5 Å². The minimum Gasteiger partial charge on any atom is -0.496 e. The molecule has 0 saturated heterocycles. The molecule has 1 aromatic heterocycles. The number of nitrogens with two attached hydrogens (primary N) is 1. The number of hydrogen-bond acceptors (Lipinski definition) is 5. The average Bonchev–Trinajstić information content (AvgIpc) is 2.81. The van der Waals surface area contributed by atoms with E-state index in [-0.39, 0.29) is 5.97 Å². The molecule has 0 aliphatic carbocycles. The van der Waals surface area contributed by atoms with Crippen LogP contribution in [0.5, 0.6) is 5.75 Å². The summed E-state index contributed by atoms with van der Waals surface area (Å²) in [5.74, 6) is 0.462. The minimum atomic E-state index is -0.344. The van der Waals surface area contributed by atoms with E-state index in [1.807, 2.05) is 25.1 Å². The Bertz CT molecular complexity index is 634. The van der Waals surface area contributed by atoms with Gasteiger partial charge >= 0.3 is 5.97 Å². The first-order chi connectivity index (χ1) is 9.58. The van der Waals surface area contributed by atoms with E-state index in [2.05, 4.69) is 0 Å². The second kappa shape index (κ2) is 5.96. The van der Waals surface area contributed by atoms with Crippen molar-refractivity contribution in [3.8, 4) is 16.9 Å². The van der Waals surface area contributed by atoms with E-state index in [4.69, 9.17) is 15.2 Å². The smallest absolute Gasteiger partial charge is 0.339 e. The van der Waals surface area contributed by atoms with E-state index < -0.39 is 0 Å². The van der Waals surface area contributed by atoms with E-state index in [1.54, 1.807) is 19.4 Å². The van der Waals surface area contributed by atoms with E-state index in [0.717, 1.165) is 22.4 Å². The molecule has 0 fully saturated rings. The second-order valence-electron chi connectivity index (χ2n) is 4.29. The first-order valence-electron chi connectivity index (χ1n) is 6.27. The predicted octanol–water partition coefficient (Wildman–Crippen LogP) is 3.49. The lowest BCUT2D eigenvalue weighted by atomic mass is 10.0. The van der Waals surface area contributed by atoms with Crippen molar-refractivity contribution in [3.63, 3.8) is 0 Å². The molecule has 1 aromatic carbocycles. The van der Waals surface area contributed by atoms with Crippen molar-refractivity contribution in [1.29, 1.82) is 0 Å². The van der Waals surface area contributed by atoms with Crippen LogP contribution in [0.15, 0.2) is 23.6 Å². The number of anilines is 1. The fourth-order valence-electron chi connectivity index (χ4n) is 2.06. The highest BCUT2D eigenvalue weighted by molar-refractivity contribution is 7.15. The quantitative estimate of drug-likeness (QED) is 0.876. The molecule has 0 radical (unpaired) electrons. The van der Waals surface area contributed by atoms with Crippen molar-refractivity contribution in [2.75, 3.05) is 19.5 Å². The molecule has 4 nitrogen and oxygen atoms in total. The number of aryl methyl sites for hydroxylation is 1. The summed E-state index contributed by atoms with van der Waals surface area (Å²) in [4.78, 5) is 12.0. The number of carbonyl (C=O) groups excluding carboxylic acids is 1. The van der Waals surface area contributed by atoms with Crippen molar-refractivity contribution < 1.29 is 14.3 Å². The van der Waals surface area contributed by atoms with Gasteiger partial charge in [0.15, 0.2) is 0 Å². The van der Waals surface area contributed by atoms with Gasteiger partial charge < -0.3 is 15.2 Å². The van der Waals surface area contributed by atoms with Gasteiger partial charge in [0.2, 0.25) is 0 Å². The molecule has 5 heteroatoms. The number of nitrogen functional groups attached to an aromatic ring is 1. The van der Waals surface area contributed by atoms with Crippen LogP contribution in [0.4, 0.5) is 5.00 Å². The third-order valence-electron chi connectivity index (χ3n) is 3.00. The number of methoxy groups -OCH3 is 1. The molecule has 0 atom stereocenters. The van der Waals surface area contributed by atoms with Gasteiger partial charge in [0.05, 0.1) is 24.3 Å². The van der Waals surface area contributed by atoms with E-state index in [0.29, 0.717) is 17.2 Å². The predicted molar refractivity (Wildman–Crippen MR) is 81.4 cm³/mol. The monoisotopic (exact) mass is 291 g/mol. The number of hydrogen-bond donors (Lipinski definition) is 1. The van der Waals surface area contributed by atoms with Crippen LogP contribution in [-0.2, 0) is 4.74 Å². The maximum Gasteiger partial charge on any atom is 0.339 e. The summed E-state index contributed by atoms with van der Waals surface area (Å²) >= 11 is 1.34. The van der Waals surface area contributed by atoms with Gasteiger partial charge in [0.25, 0.3) is 0 Å². The standard InChI is InChI=1S/C15H17NO3S/c1-4-19-15(17)11-8-20-14(16)13(11)10-5-6-12(18-3)9(2)7-10/h5-8H,4,16H2,1-3H3. The summed E-state index contributed by atoms with van der Waals surface area (Å²) in [5.41, 5.74) is 9.14. The summed E-state index contributed by atoms with van der Waals surface area (Å²) in [6, 6.07) is 5.73. The number of esters is 1. The molecule has 2 N–H and O–H groups in total. The lowest BCUT2D eigenvalue weighted by molar-refractivity contribution is 0.0528. The lowest BCUT2D eigenvalue weighted by Crippen LogP contribution is -2.05. The Morgan fingerprint density at radius 3 is 2.75 bits per heavy atom. The van der Waals surface area contributed by atoms with Crippen LogP contribution < -0.4 is 10.5 Å². The molecule has 0 bridgehead atoms. The van der Waals surface area contributed by atoms with E-state index in [1.165, 1.54) is 11.3 Å². The molecule has 1 heterocycles. The molecule has 0 amide bonds. The Balaban J connectivity index is 2.49. The first kappa shape index (κ1) is 14.4. The molecule has 0 saturated carbocycles. The molecule has 0 unspecified atom stereocenters. The van der Waals surface area contributed by atoms with Crippen molar-refractivity contribution in [2.45, 2.75) is 13.8 Å². The Kier molecular flexibility index (Phi) is 4.29. The molecule has 0 aliphatic heterocycles. The Morgan fingerprint density at radius 2 is 2.15 bits per heavy atom. The van der Waals surface area contributed by atoms with Gasteiger partial charge in [-0.1, -0.05) is 6.07 Å². The van der Waals surface area contributed by atoms with Crippen molar-refractivity contribution >= 4 is 22.3 Å². The van der Waals surface area contributed by atoms with Crippen LogP contribution >= 0.6 is 11.3 Å². The van der Waals surface area contributed by atoms with Gasteiger partial charge in [0.1, 0.15) is 5.75 Å². The van der Waals surface area contributed by atoms with Crippen LogP contribution in [-0.4, -0.2) is 19.7 Å².